The molecule has 0 bridgehead atoms. The average molecular weight is 485 g/mol. The van der Waals surface area contributed by atoms with Gasteiger partial charge in [-0.3, -0.25) is 0 Å². The fourth-order valence-corrected chi connectivity index (χ4v) is 8.49. The molecule has 5 heterocycles. The van der Waals surface area contributed by atoms with Gasteiger partial charge in [0.2, 0.25) is 0 Å². The van der Waals surface area contributed by atoms with Gasteiger partial charge in [0.1, 0.15) is 0 Å². The van der Waals surface area contributed by atoms with Crippen LogP contribution in [0.25, 0.3) is 33.9 Å². The second kappa shape index (κ2) is 6.50. The number of pyridine rings is 2. The molecule has 0 aliphatic carbocycles. The van der Waals surface area contributed by atoms with E-state index in [0.717, 1.165) is 33.9 Å². The van der Waals surface area contributed by atoms with Crippen LogP contribution in [0.1, 0.15) is 52.7 Å². The Bertz CT molecular complexity index is 1530. The molecule has 0 radical (unpaired) electrons. The van der Waals surface area contributed by atoms with E-state index in [9.17, 15) is 1.28 Å². The third kappa shape index (κ3) is 2.72. The number of para-hydroxylation sites is 2. The molecule has 7 rings (SSSR count). The monoisotopic (exact) mass is 484 g/mol. The average Bonchev–Trinajstić information content (AvgIpc) is 3.04. The summed E-state index contributed by atoms with van der Waals surface area (Å²) in [6, 6.07) is 25.0. The van der Waals surface area contributed by atoms with Gasteiger partial charge < -0.3 is 0 Å². The molecular formula is C30H31N2O2P+2. The maximum absolute atomic E-state index is 10.4. The summed E-state index contributed by atoms with van der Waals surface area (Å²) >= 11 is 0. The molecule has 4 nitrogen and oxygen atoms in total. The van der Waals surface area contributed by atoms with E-state index >= 15 is 0 Å². The van der Waals surface area contributed by atoms with E-state index < -0.39 is 7.96 Å². The third-order valence-corrected chi connectivity index (χ3v) is 10.1. The molecule has 3 aliphatic heterocycles. The third-order valence-electron chi connectivity index (χ3n) is 7.34. The zero-order chi connectivity index (χ0) is 25.3. The van der Waals surface area contributed by atoms with Gasteiger partial charge in [0, 0.05) is 0 Å². The van der Waals surface area contributed by atoms with Gasteiger partial charge in [0.25, 0.3) is 0 Å². The first kappa shape index (κ1) is 20.0. The van der Waals surface area contributed by atoms with Gasteiger partial charge in [-0.25, -0.2) is 0 Å². The minimum absolute atomic E-state index is 0.0697. The first-order valence-corrected chi connectivity index (χ1v) is 13.8. The van der Waals surface area contributed by atoms with Crippen molar-refractivity contribution in [2.75, 3.05) is 0 Å². The predicted molar refractivity (Wildman–Crippen MR) is 141 cm³/mol. The van der Waals surface area contributed by atoms with E-state index in [1.165, 1.54) is 11.1 Å². The summed E-state index contributed by atoms with van der Waals surface area (Å²) in [6.45, 7) is 13.4. The van der Waals surface area contributed by atoms with E-state index in [-0.39, 0.29) is 10.8 Å². The summed E-state index contributed by atoms with van der Waals surface area (Å²) in [5.41, 5.74) is 8.16. The number of hydrogen-bond acceptors (Lipinski definition) is 2. The molecule has 176 valence electrons. The number of fused-ring (bicyclic) bond motifs is 5. The van der Waals surface area contributed by atoms with Crippen LogP contribution in [0.15, 0.2) is 72.8 Å². The van der Waals surface area contributed by atoms with E-state index in [4.69, 9.17) is 9.05 Å². The van der Waals surface area contributed by atoms with Crippen LogP contribution >= 0.6 is 7.96 Å². The van der Waals surface area contributed by atoms with Gasteiger partial charge in [0.05, 0.1) is 0 Å². The summed E-state index contributed by atoms with van der Waals surface area (Å²) in [5.74, 6) is 1.38. The van der Waals surface area contributed by atoms with Crippen LogP contribution in [0.3, 0.4) is 0 Å². The van der Waals surface area contributed by atoms with Crippen molar-refractivity contribution in [2.24, 2.45) is 0 Å². The zero-order valence-electron chi connectivity index (χ0n) is 22.1. The Hall–Kier alpha value is -3.23. The van der Waals surface area contributed by atoms with E-state index in [1.807, 2.05) is 36.4 Å². The number of benzene rings is 2. The minimum atomic E-state index is -4.44. The second-order valence-electron chi connectivity index (χ2n) is 11.8. The molecule has 35 heavy (non-hydrogen) atoms. The van der Waals surface area contributed by atoms with Crippen molar-refractivity contribution in [3.63, 3.8) is 0 Å². The Morgan fingerprint density at radius 3 is 1.37 bits per heavy atom. The summed E-state index contributed by atoms with van der Waals surface area (Å²) < 4.78 is 28.3. The van der Waals surface area contributed by atoms with Gasteiger partial charge in [0.15, 0.2) is 0 Å². The maximum atomic E-state index is 10.4. The van der Waals surface area contributed by atoms with E-state index in [2.05, 4.69) is 86.6 Å². The Labute approximate surface area is 208 Å². The molecular weight excluding hydrogens is 451 g/mol. The van der Waals surface area contributed by atoms with Crippen molar-refractivity contribution in [1.29, 1.82) is 1.28 Å². The van der Waals surface area contributed by atoms with Crippen molar-refractivity contribution in [3.8, 4) is 45.4 Å². The zero-order valence-corrected chi connectivity index (χ0v) is 22.0. The molecule has 2 aromatic heterocycles. The van der Waals surface area contributed by atoms with Crippen LogP contribution in [0.2, 0.25) is 0 Å². The molecule has 2 aromatic carbocycles. The van der Waals surface area contributed by atoms with Crippen molar-refractivity contribution in [1.82, 2.24) is 0 Å². The van der Waals surface area contributed by atoms with Gasteiger partial charge in [-0.2, -0.15) is 0 Å². The molecule has 3 aliphatic rings. The molecule has 0 saturated heterocycles. The molecule has 4 aromatic rings. The van der Waals surface area contributed by atoms with Crippen LogP contribution in [-0.2, 0) is 10.8 Å². The number of rotatable bonds is 0. The number of hydrogen-bond donors (Lipinski definition) is 0. The van der Waals surface area contributed by atoms with Gasteiger partial charge in [-0.15, -0.1) is 0 Å². The first-order chi connectivity index (χ1) is 16.9. The Morgan fingerprint density at radius 1 is 0.600 bits per heavy atom. The molecule has 0 saturated carbocycles. The normalized spacial score (nSPS) is 18.9. The van der Waals surface area contributed by atoms with E-state index in [1.54, 1.807) is 0 Å². The topological polar surface area (TPSA) is 26.2 Å². The van der Waals surface area contributed by atoms with Crippen molar-refractivity contribution >= 4 is 7.96 Å². The fourth-order valence-electron chi connectivity index (χ4n) is 5.38. The number of nitrogens with zero attached hydrogens (tertiary/aromatic N) is 2. The van der Waals surface area contributed by atoms with Gasteiger partial charge >= 0.3 is 209 Å². The van der Waals surface area contributed by atoms with Crippen LogP contribution < -0.4 is 17.7 Å². The van der Waals surface area contributed by atoms with Gasteiger partial charge in [-0.05, 0) is 0 Å². The Kier molecular flexibility index (Phi) is 3.72. The first-order valence-electron chi connectivity index (χ1n) is 12.7. The molecule has 0 atom stereocenters. The standard InChI is InChI=1S/C30H31N2O2P/c1-29(2,3)19-15-23-21-11-7-9-13-27(21)33-35-31(23)25(17-19)26-18-20(30(4,5)6)16-24(32(26)35)22-12-8-10-14-28(22)34-35/h7-18,35H,1-6H3/q+2/i35T. The van der Waals surface area contributed by atoms with Crippen molar-refractivity contribution in [2.45, 2.75) is 52.4 Å². The van der Waals surface area contributed by atoms with Gasteiger partial charge in [-0.1, -0.05) is 0 Å². The van der Waals surface area contributed by atoms with Crippen molar-refractivity contribution < 1.29 is 17.7 Å². The summed E-state index contributed by atoms with van der Waals surface area (Å²) in [6.07, 6.45) is 0. The van der Waals surface area contributed by atoms with Crippen LogP contribution in [0.5, 0.6) is 11.5 Å². The molecule has 1 spiro atoms. The van der Waals surface area contributed by atoms with E-state index in [0.29, 0.717) is 11.5 Å². The quantitative estimate of drug-likeness (QED) is 0.258. The summed E-state index contributed by atoms with van der Waals surface area (Å²) in [5, 5.41) is 0. The summed E-state index contributed by atoms with van der Waals surface area (Å²) in [4.78, 5) is 0. The Morgan fingerprint density at radius 2 is 0.971 bits per heavy atom. The molecule has 0 unspecified atom stereocenters. The van der Waals surface area contributed by atoms with Crippen LogP contribution in [0.4, 0.5) is 0 Å². The molecule has 0 N–H and O–H groups in total. The van der Waals surface area contributed by atoms with Crippen molar-refractivity contribution in [3.05, 3.63) is 83.9 Å². The molecule has 0 amide bonds. The summed E-state index contributed by atoms with van der Waals surface area (Å²) in [7, 11) is -4.44. The molecule has 0 fully saturated rings. The van der Waals surface area contributed by atoms with Crippen LogP contribution in [0, 0.1) is 0 Å². The SMILES string of the molecule is [3H]P123Oc4ccccc4-c4cc(C(C)(C)C)cc([n+]41)-c1cc(C(C)(C)C)cc([n+]12)-c1ccccc1O3. The molecule has 5 heteroatoms. The Balaban J connectivity index is 1.72. The number of aromatic nitrogens is 2. The van der Waals surface area contributed by atoms with Crippen LogP contribution in [-0.4, -0.2) is 1.28 Å². The second-order valence-corrected chi connectivity index (χ2v) is 14.0. The fraction of sp³-hybridized carbons (Fsp3) is 0.267. The predicted octanol–water partition coefficient (Wildman–Crippen LogP) is 6.76.